The molecule has 10 aliphatic heterocycles. The minimum absolute atomic E-state index is 0.0760. The number of thioether (sulfide) groups is 4. The average molecular weight is 1640 g/mol. The van der Waals surface area contributed by atoms with Gasteiger partial charge in [0.05, 0.1) is 215 Å². The summed E-state index contributed by atoms with van der Waals surface area (Å²) < 4.78 is 107. The average Bonchev–Trinajstić information content (AvgIpc) is 0.823. The zero-order chi connectivity index (χ0) is 79.5. The first-order valence-electron chi connectivity index (χ1n) is 41.6. The van der Waals surface area contributed by atoms with Crippen LogP contribution in [0.1, 0.15) is 167 Å². The van der Waals surface area contributed by atoms with Crippen LogP contribution in [0.4, 0.5) is 0 Å². The highest BCUT2D eigenvalue weighted by molar-refractivity contribution is 8.00. The van der Waals surface area contributed by atoms with Crippen LogP contribution < -0.4 is 0 Å². The molecule has 10 rings (SSSR count). The van der Waals surface area contributed by atoms with Gasteiger partial charge in [0.2, 0.25) is 0 Å². The minimum Gasteiger partial charge on any atom is -0.464 e. The van der Waals surface area contributed by atoms with E-state index in [1.54, 1.807) is 0 Å². The Labute approximate surface area is 678 Å². The van der Waals surface area contributed by atoms with Gasteiger partial charge in [-0.25, -0.2) is 0 Å². The number of ether oxygens (including phenoxy) is 19. The lowest BCUT2D eigenvalue weighted by molar-refractivity contribution is -0.187. The first-order chi connectivity index (χ1) is 53.0. The fourth-order valence-corrected chi connectivity index (χ4v) is 18.1. The van der Waals surface area contributed by atoms with Gasteiger partial charge in [-0.15, -0.1) is 47.0 Å². The Bertz CT molecular complexity index is 2290. The van der Waals surface area contributed by atoms with E-state index in [2.05, 4.69) is 83.1 Å². The van der Waals surface area contributed by atoms with Crippen LogP contribution in [0.15, 0.2) is 0 Å². The van der Waals surface area contributed by atoms with Crippen LogP contribution in [0.2, 0.25) is 0 Å². The van der Waals surface area contributed by atoms with Gasteiger partial charge < -0.3 is 90.0 Å². The second-order valence-electron chi connectivity index (χ2n) is 34.8. The molecule has 23 nitrogen and oxygen atoms in total. The van der Waals surface area contributed by atoms with E-state index >= 15 is 0 Å². The second-order valence-corrected chi connectivity index (χ2v) is 38.8. The lowest BCUT2D eigenvalue weighted by Gasteiger charge is -2.44. The van der Waals surface area contributed by atoms with Gasteiger partial charge in [-0.3, -0.25) is 19.2 Å². The van der Waals surface area contributed by atoms with Crippen molar-refractivity contribution >= 4 is 70.9 Å². The van der Waals surface area contributed by atoms with Crippen LogP contribution in [0.5, 0.6) is 0 Å². The smallest absolute Gasteiger partial charge is 0.315 e. The quantitative estimate of drug-likeness (QED) is 0.0312. The number of carbonyl (C=O) groups excluding carboxylic acids is 4. The molecule has 0 amide bonds. The highest BCUT2D eigenvalue weighted by atomic mass is 32.2. The summed E-state index contributed by atoms with van der Waals surface area (Å²) >= 11 is 5.95. The predicted molar refractivity (Wildman–Crippen MR) is 433 cm³/mol. The van der Waals surface area contributed by atoms with Gasteiger partial charge in [0.1, 0.15) is 31.8 Å². The van der Waals surface area contributed by atoms with Gasteiger partial charge >= 0.3 is 23.9 Å². The summed E-state index contributed by atoms with van der Waals surface area (Å²) in [5, 5.41) is 0. The van der Waals surface area contributed by atoms with Crippen LogP contribution in [0, 0.1) is 65.0 Å². The van der Waals surface area contributed by atoms with Gasteiger partial charge in [-0.05, 0) is 77.0 Å². The van der Waals surface area contributed by atoms with Gasteiger partial charge in [-0.2, -0.15) is 0 Å². The molecular formula is C83H146O23S4. The van der Waals surface area contributed by atoms with Gasteiger partial charge in [0.25, 0.3) is 0 Å². The zero-order valence-electron chi connectivity index (χ0n) is 69.9. The van der Waals surface area contributed by atoms with Crippen molar-refractivity contribution in [2.45, 2.75) is 167 Å². The topological polar surface area (TPSA) is 244 Å². The summed E-state index contributed by atoms with van der Waals surface area (Å²) in [6.07, 6.45) is 14.0. The van der Waals surface area contributed by atoms with E-state index < -0.39 is 29.3 Å². The third kappa shape index (κ3) is 29.0. The number of rotatable bonds is 56. The largest absolute Gasteiger partial charge is 0.464 e. The van der Waals surface area contributed by atoms with E-state index in [1.807, 2.05) is 0 Å². The number of esters is 4. The van der Waals surface area contributed by atoms with Crippen LogP contribution in [0.25, 0.3) is 0 Å². The molecule has 10 fully saturated rings. The van der Waals surface area contributed by atoms with Crippen molar-refractivity contribution in [1.29, 1.82) is 0 Å². The Morgan fingerprint density at radius 3 is 0.636 bits per heavy atom. The highest BCUT2D eigenvalue weighted by Crippen LogP contribution is 2.42. The van der Waals surface area contributed by atoms with Crippen molar-refractivity contribution < 1.29 is 109 Å². The second kappa shape index (κ2) is 47.5. The Morgan fingerprint density at radius 2 is 0.464 bits per heavy atom. The molecule has 110 heavy (non-hydrogen) atoms. The monoisotopic (exact) mass is 1640 g/mol. The zero-order valence-corrected chi connectivity index (χ0v) is 73.2. The molecule has 0 spiro atoms. The first-order valence-corrected chi connectivity index (χ1v) is 46.2. The highest BCUT2D eigenvalue weighted by Gasteiger charge is 2.47. The Balaban J connectivity index is 0.000000243. The van der Waals surface area contributed by atoms with Crippen LogP contribution in [0.3, 0.4) is 0 Å². The van der Waals surface area contributed by atoms with Crippen LogP contribution in [-0.2, 0) is 109 Å². The molecule has 27 heteroatoms. The summed E-state index contributed by atoms with van der Waals surface area (Å²) in [5.41, 5.74) is 0.480. The summed E-state index contributed by atoms with van der Waals surface area (Å²) in [7, 11) is 0. The molecule has 0 radical (unpaired) electrons. The normalized spacial score (nSPS) is 22.3. The van der Waals surface area contributed by atoms with E-state index in [0.717, 1.165) is 213 Å². The molecule has 0 bridgehead atoms. The van der Waals surface area contributed by atoms with Crippen LogP contribution >= 0.6 is 47.0 Å². The van der Waals surface area contributed by atoms with Crippen molar-refractivity contribution in [2.24, 2.45) is 65.0 Å². The number of unbranched alkanes of at least 4 members (excludes halogenated alkanes) is 1. The molecule has 0 aromatic heterocycles. The Morgan fingerprint density at radius 1 is 0.264 bits per heavy atom. The van der Waals surface area contributed by atoms with Gasteiger partial charge in [0, 0.05) is 89.2 Å². The lowest BCUT2D eigenvalue weighted by Crippen LogP contribution is -2.49. The van der Waals surface area contributed by atoms with E-state index in [4.69, 9.17) is 90.0 Å². The Kier molecular flexibility index (Phi) is 41.3. The standard InChI is InChI=1S/C37H60O12S4.C24H44O6.C12H22O3.C10H20O2/c1-5-33(13-42-14-33)25-50-9-29(38)46-21-37(22-47-30(39)10-51-26-34(6-2)15-43-16-34,23-48-31(40)11-52-27-35(7-3)17-44-18-35)24-49-32(41)12-53-28-36(8-4)19-45-20-36;1-5-21(9-25-10-21)15-28-18-24(8-4,19-29-16-22(6-2)11-26-12-22)20-30-17-23(7-3)13-27-14-23;1-3-11(5-13-6-11)9-15-10-12(4-2)7-14-8-12;1-3-5-6-11-7-10(4-2)8-12-9-10/h5-28H2,1-4H3;5-20H2,1-4H3;3-10H2,1-2H3;3-9H2,1-2H3. The van der Waals surface area contributed by atoms with Crippen LogP contribution in [-0.4, -0.2) is 295 Å². The van der Waals surface area contributed by atoms with E-state index in [9.17, 15) is 19.2 Å². The first kappa shape index (κ1) is 95.8. The van der Waals surface area contributed by atoms with Crippen molar-refractivity contribution in [3.05, 3.63) is 0 Å². The van der Waals surface area contributed by atoms with Gasteiger partial charge in [0.15, 0.2) is 0 Å². The fourth-order valence-electron chi connectivity index (χ4n) is 13.5. The molecule has 0 saturated carbocycles. The fraction of sp³-hybridized carbons (Fsp3) is 0.952. The lowest BCUT2D eigenvalue weighted by atomic mass is 9.82. The van der Waals surface area contributed by atoms with E-state index in [-0.39, 0.29) is 92.8 Å². The number of hydrogen-bond donors (Lipinski definition) is 0. The summed E-state index contributed by atoms with van der Waals surface area (Å²) in [4.78, 5) is 52.2. The SMILES string of the molecule is CCC1(COCC(CC)(COCC2(CC)COC2)COCC2(CC)COC2)COC1.CCC1(COCC2(CC)COC2)COC1.CCC1(CSCC(=O)OCC(COC(=O)CSCC2(CC)COC2)(COC(=O)CSCC2(CC)COC2)COC(=O)CSCC2(CC)COC2)COC1.CCCCOCC1(CC)COC1. The molecule has 10 aliphatic rings. The molecule has 10 heterocycles. The maximum atomic E-state index is 13.0. The summed E-state index contributed by atoms with van der Waals surface area (Å²) in [5.74, 6) is 1.74. The molecule has 0 unspecified atom stereocenters. The molecule has 0 atom stereocenters. The number of hydrogen-bond acceptors (Lipinski definition) is 27. The molecule has 0 aromatic rings. The number of carbonyl (C=O) groups is 4. The maximum absolute atomic E-state index is 13.0. The predicted octanol–water partition coefficient (Wildman–Crippen LogP) is 12.6. The van der Waals surface area contributed by atoms with Crippen molar-refractivity contribution in [3.8, 4) is 0 Å². The summed E-state index contributed by atoms with van der Waals surface area (Å²) in [6, 6.07) is 0. The van der Waals surface area contributed by atoms with Crippen molar-refractivity contribution in [1.82, 2.24) is 0 Å². The third-order valence-corrected chi connectivity index (χ3v) is 30.4. The molecule has 10 saturated heterocycles. The molecule has 0 aliphatic carbocycles. The van der Waals surface area contributed by atoms with E-state index in [1.165, 1.54) is 66.3 Å². The van der Waals surface area contributed by atoms with Crippen molar-refractivity contribution in [3.63, 3.8) is 0 Å². The third-order valence-electron chi connectivity index (χ3n) is 25.4. The molecule has 640 valence electrons. The summed E-state index contributed by atoms with van der Waals surface area (Å²) in [6.45, 7) is 48.5. The maximum Gasteiger partial charge on any atom is 0.315 e. The minimum atomic E-state index is -1.31. The van der Waals surface area contributed by atoms with Gasteiger partial charge in [-0.1, -0.05) is 89.5 Å². The van der Waals surface area contributed by atoms with E-state index in [0.29, 0.717) is 88.9 Å². The molecule has 0 aromatic carbocycles. The van der Waals surface area contributed by atoms with Crippen molar-refractivity contribution in [2.75, 3.05) is 271 Å². The Hall–Kier alpha value is -1.32. The molecular weight excluding hydrogens is 1490 g/mol. The molecule has 0 N–H and O–H groups in total.